The predicted octanol–water partition coefficient (Wildman–Crippen LogP) is 3.34. The fraction of sp³-hybridized carbons (Fsp3) is 0.400. The Balaban J connectivity index is 2.52. The fourth-order valence-corrected chi connectivity index (χ4v) is 2.81. The van der Waals surface area contributed by atoms with Crippen LogP contribution in [0.1, 0.15) is 43.1 Å². The molecule has 1 aromatic heterocycles. The number of hydrogen-bond acceptors (Lipinski definition) is 5. The Morgan fingerprint density at radius 3 is 2.60 bits per heavy atom. The average molecular weight is 291 g/mol. The Morgan fingerprint density at radius 1 is 1.30 bits per heavy atom. The van der Waals surface area contributed by atoms with E-state index >= 15 is 0 Å². The number of carbonyl (C=O) groups excluding carboxylic acids is 2. The van der Waals surface area contributed by atoms with Crippen LogP contribution in [0.4, 0.5) is 0 Å². The summed E-state index contributed by atoms with van der Waals surface area (Å²) >= 11 is 1.55. The molecule has 1 aromatic carbocycles. The SMILES string of the molecule is CCOC(=O)C(=O)c1cccc2sc(C(C)(C)C)nc12. The molecule has 0 bridgehead atoms. The molecule has 2 aromatic rings. The van der Waals surface area contributed by atoms with E-state index in [-0.39, 0.29) is 12.0 Å². The molecular formula is C15H17NO3S. The van der Waals surface area contributed by atoms with E-state index in [1.54, 1.807) is 30.4 Å². The summed E-state index contributed by atoms with van der Waals surface area (Å²) in [4.78, 5) is 28.2. The fourth-order valence-electron chi connectivity index (χ4n) is 1.76. The lowest BCUT2D eigenvalue weighted by atomic mass is 9.98. The minimum atomic E-state index is -0.828. The first-order valence-electron chi connectivity index (χ1n) is 6.46. The van der Waals surface area contributed by atoms with E-state index in [2.05, 4.69) is 25.8 Å². The Hall–Kier alpha value is -1.75. The van der Waals surface area contributed by atoms with Gasteiger partial charge in [0.15, 0.2) is 0 Å². The number of carbonyl (C=O) groups is 2. The van der Waals surface area contributed by atoms with Gasteiger partial charge in [0.2, 0.25) is 0 Å². The largest absolute Gasteiger partial charge is 0.460 e. The molecule has 0 aliphatic rings. The number of hydrogen-bond donors (Lipinski definition) is 0. The van der Waals surface area contributed by atoms with Crippen molar-refractivity contribution in [3.8, 4) is 0 Å². The maximum Gasteiger partial charge on any atom is 0.379 e. The Labute approximate surface area is 121 Å². The number of aromatic nitrogens is 1. The minimum Gasteiger partial charge on any atom is -0.460 e. The number of para-hydroxylation sites is 1. The van der Waals surface area contributed by atoms with E-state index in [0.29, 0.717) is 11.1 Å². The van der Waals surface area contributed by atoms with Crippen LogP contribution in [0.5, 0.6) is 0 Å². The van der Waals surface area contributed by atoms with Crippen molar-refractivity contribution in [3.63, 3.8) is 0 Å². The number of ketones is 1. The quantitative estimate of drug-likeness (QED) is 0.494. The highest BCUT2D eigenvalue weighted by Crippen LogP contribution is 2.32. The van der Waals surface area contributed by atoms with E-state index in [4.69, 9.17) is 4.74 Å². The third kappa shape index (κ3) is 2.72. The summed E-state index contributed by atoms with van der Waals surface area (Å²) in [5.41, 5.74) is 0.807. The topological polar surface area (TPSA) is 56.3 Å². The number of thiazole rings is 1. The van der Waals surface area contributed by atoms with Crippen molar-refractivity contribution in [1.29, 1.82) is 0 Å². The lowest BCUT2D eigenvalue weighted by Crippen LogP contribution is -2.18. The van der Waals surface area contributed by atoms with E-state index in [1.165, 1.54) is 0 Å². The van der Waals surface area contributed by atoms with Crippen LogP contribution in [0.3, 0.4) is 0 Å². The second-order valence-corrected chi connectivity index (χ2v) is 6.50. The Kier molecular flexibility index (Phi) is 3.90. The van der Waals surface area contributed by atoms with Crippen molar-refractivity contribution in [2.45, 2.75) is 33.1 Å². The summed E-state index contributed by atoms with van der Waals surface area (Å²) in [6, 6.07) is 5.29. The average Bonchev–Trinajstić information content (AvgIpc) is 2.81. The molecule has 0 saturated heterocycles. The van der Waals surface area contributed by atoms with E-state index in [0.717, 1.165) is 9.71 Å². The number of fused-ring (bicyclic) bond motifs is 1. The zero-order valence-electron chi connectivity index (χ0n) is 12.0. The van der Waals surface area contributed by atoms with Crippen LogP contribution >= 0.6 is 11.3 Å². The highest BCUT2D eigenvalue weighted by atomic mass is 32.1. The van der Waals surface area contributed by atoms with Crippen molar-refractivity contribution in [3.05, 3.63) is 28.8 Å². The molecule has 0 radical (unpaired) electrons. The first kappa shape index (κ1) is 14.7. The van der Waals surface area contributed by atoms with Crippen LogP contribution in [0.15, 0.2) is 18.2 Å². The molecule has 0 atom stereocenters. The molecule has 2 rings (SSSR count). The standard InChI is InChI=1S/C15H17NO3S/c1-5-19-13(18)12(17)9-7-6-8-10-11(9)16-14(20-10)15(2,3)4/h6-8H,5H2,1-4H3. The second-order valence-electron chi connectivity index (χ2n) is 5.47. The summed E-state index contributed by atoms with van der Waals surface area (Å²) in [7, 11) is 0. The first-order valence-corrected chi connectivity index (χ1v) is 7.27. The number of nitrogens with zero attached hydrogens (tertiary/aromatic N) is 1. The number of rotatable bonds is 3. The highest BCUT2D eigenvalue weighted by molar-refractivity contribution is 7.18. The smallest absolute Gasteiger partial charge is 0.379 e. The van der Waals surface area contributed by atoms with Crippen LogP contribution in [-0.4, -0.2) is 23.3 Å². The lowest BCUT2D eigenvalue weighted by Gasteiger charge is -2.13. The molecule has 1 heterocycles. The van der Waals surface area contributed by atoms with Crippen molar-refractivity contribution in [1.82, 2.24) is 4.98 Å². The normalized spacial score (nSPS) is 11.6. The van der Waals surface area contributed by atoms with E-state index < -0.39 is 11.8 Å². The molecule has 0 spiro atoms. The molecule has 20 heavy (non-hydrogen) atoms. The van der Waals surface area contributed by atoms with Crippen LogP contribution in [0.2, 0.25) is 0 Å². The second kappa shape index (κ2) is 5.32. The molecular weight excluding hydrogens is 274 g/mol. The van der Waals surface area contributed by atoms with Crippen molar-refractivity contribution in [2.75, 3.05) is 6.61 Å². The van der Waals surface area contributed by atoms with Gasteiger partial charge in [-0.15, -0.1) is 11.3 Å². The molecule has 4 nitrogen and oxygen atoms in total. The van der Waals surface area contributed by atoms with Crippen LogP contribution in [0.25, 0.3) is 10.2 Å². The van der Waals surface area contributed by atoms with Crippen molar-refractivity contribution >= 4 is 33.3 Å². The predicted molar refractivity (Wildman–Crippen MR) is 79.3 cm³/mol. The molecule has 106 valence electrons. The summed E-state index contributed by atoms with van der Waals surface area (Å²) in [6.07, 6.45) is 0. The number of ether oxygens (including phenoxy) is 1. The van der Waals surface area contributed by atoms with Gasteiger partial charge < -0.3 is 4.74 Å². The van der Waals surface area contributed by atoms with Crippen LogP contribution < -0.4 is 0 Å². The maximum absolute atomic E-state index is 12.1. The van der Waals surface area contributed by atoms with Gasteiger partial charge in [-0.3, -0.25) is 4.79 Å². The van der Waals surface area contributed by atoms with Crippen molar-refractivity contribution < 1.29 is 14.3 Å². The molecule has 0 fully saturated rings. The zero-order chi connectivity index (χ0) is 14.9. The molecule has 0 aliphatic carbocycles. The third-order valence-electron chi connectivity index (χ3n) is 2.77. The van der Waals surface area contributed by atoms with Crippen molar-refractivity contribution in [2.24, 2.45) is 0 Å². The lowest BCUT2D eigenvalue weighted by molar-refractivity contribution is -0.137. The van der Waals surface area contributed by atoms with Gasteiger partial charge >= 0.3 is 5.97 Å². The van der Waals surface area contributed by atoms with Gasteiger partial charge in [-0.25, -0.2) is 9.78 Å². The third-order valence-corrected chi connectivity index (χ3v) is 4.21. The molecule has 0 N–H and O–H groups in total. The first-order chi connectivity index (χ1) is 9.34. The van der Waals surface area contributed by atoms with Gasteiger partial charge in [0.25, 0.3) is 5.78 Å². The molecule has 0 saturated carbocycles. The van der Waals surface area contributed by atoms with Crippen LogP contribution in [0, 0.1) is 0 Å². The number of benzene rings is 1. The molecule has 0 aliphatic heterocycles. The number of Topliss-reactive ketones (excluding diaryl/α,β-unsaturated/α-hetero) is 1. The number of esters is 1. The Morgan fingerprint density at radius 2 is 2.00 bits per heavy atom. The summed E-state index contributed by atoms with van der Waals surface area (Å²) in [6.45, 7) is 8.06. The van der Waals surface area contributed by atoms with Gasteiger partial charge in [0.05, 0.1) is 27.4 Å². The van der Waals surface area contributed by atoms with E-state index in [1.807, 2.05) is 6.07 Å². The molecule has 0 amide bonds. The van der Waals surface area contributed by atoms with Crippen LogP contribution in [-0.2, 0) is 14.9 Å². The van der Waals surface area contributed by atoms with Gasteiger partial charge in [-0.1, -0.05) is 26.8 Å². The van der Waals surface area contributed by atoms with Gasteiger partial charge in [0.1, 0.15) is 0 Å². The summed E-state index contributed by atoms with van der Waals surface area (Å²) in [5.74, 6) is -1.46. The molecule has 0 unspecified atom stereocenters. The van der Waals surface area contributed by atoms with Gasteiger partial charge in [0, 0.05) is 5.41 Å². The maximum atomic E-state index is 12.1. The zero-order valence-corrected chi connectivity index (χ0v) is 12.8. The minimum absolute atomic E-state index is 0.0894. The summed E-state index contributed by atoms with van der Waals surface area (Å²) < 4.78 is 5.68. The Bertz CT molecular complexity index is 667. The van der Waals surface area contributed by atoms with E-state index in [9.17, 15) is 9.59 Å². The van der Waals surface area contributed by atoms with Gasteiger partial charge in [-0.05, 0) is 19.1 Å². The highest BCUT2D eigenvalue weighted by Gasteiger charge is 2.24. The van der Waals surface area contributed by atoms with Gasteiger partial charge in [-0.2, -0.15) is 0 Å². The monoisotopic (exact) mass is 291 g/mol. The summed E-state index contributed by atoms with van der Waals surface area (Å²) in [5, 5.41) is 0.941. The molecule has 5 heteroatoms.